The number of likely N-dealkylation sites (tertiary alicyclic amines) is 1. The van der Waals surface area contributed by atoms with Crippen molar-refractivity contribution in [1.82, 2.24) is 15.0 Å². The topological polar surface area (TPSA) is 77.7 Å². The maximum absolute atomic E-state index is 12.5. The van der Waals surface area contributed by atoms with Crippen LogP contribution in [-0.4, -0.2) is 41.2 Å². The average Bonchev–Trinajstić information content (AvgIpc) is 3.37. The van der Waals surface area contributed by atoms with Crippen molar-refractivity contribution in [2.24, 2.45) is 0 Å². The van der Waals surface area contributed by atoms with Crippen molar-refractivity contribution in [3.63, 3.8) is 0 Å². The van der Waals surface area contributed by atoms with Crippen molar-refractivity contribution in [3.05, 3.63) is 60.0 Å². The van der Waals surface area contributed by atoms with E-state index in [1.165, 1.54) is 0 Å². The lowest BCUT2D eigenvalue weighted by molar-refractivity contribution is -0.128. The maximum atomic E-state index is 12.5. The van der Waals surface area contributed by atoms with Crippen LogP contribution in [0, 0.1) is 0 Å². The van der Waals surface area contributed by atoms with Crippen LogP contribution in [0.3, 0.4) is 0 Å². The molecule has 1 atom stereocenters. The highest BCUT2D eigenvalue weighted by molar-refractivity contribution is 5.79. The quantitative estimate of drug-likeness (QED) is 0.610. The van der Waals surface area contributed by atoms with Crippen molar-refractivity contribution in [2.45, 2.75) is 25.8 Å². The van der Waals surface area contributed by atoms with Gasteiger partial charge in [0, 0.05) is 25.1 Å². The molecule has 2 aromatic carbocycles. The van der Waals surface area contributed by atoms with Gasteiger partial charge in [-0.15, -0.1) is 0 Å². The normalized spacial score (nSPS) is 16.3. The predicted octanol–water partition coefficient (Wildman–Crippen LogP) is 3.66. The van der Waals surface area contributed by atoms with Gasteiger partial charge in [0.05, 0.1) is 19.6 Å². The minimum absolute atomic E-state index is 0.0870. The van der Waals surface area contributed by atoms with Crippen LogP contribution in [0.15, 0.2) is 53.1 Å². The van der Waals surface area contributed by atoms with Crippen molar-refractivity contribution < 1.29 is 18.8 Å². The van der Waals surface area contributed by atoms with E-state index >= 15 is 0 Å². The number of rotatable bonds is 7. The first-order chi connectivity index (χ1) is 14.2. The first-order valence-electron chi connectivity index (χ1n) is 9.63. The SMILES string of the molecule is CCOc1cccc(-c2noc(C3CC(=O)N(Cc4ccc(OC)cc4)C3)n2)c1. The van der Waals surface area contributed by atoms with Crippen LogP contribution in [0.2, 0.25) is 0 Å². The van der Waals surface area contributed by atoms with Crippen LogP contribution >= 0.6 is 0 Å². The number of benzene rings is 2. The summed E-state index contributed by atoms with van der Waals surface area (Å²) in [4.78, 5) is 18.8. The molecule has 1 fully saturated rings. The molecule has 1 aliphatic heterocycles. The lowest BCUT2D eigenvalue weighted by Gasteiger charge is -2.16. The number of aromatic nitrogens is 2. The molecule has 1 amide bonds. The summed E-state index contributed by atoms with van der Waals surface area (Å²) in [5, 5.41) is 4.10. The highest BCUT2D eigenvalue weighted by Crippen LogP contribution is 2.30. The lowest BCUT2D eigenvalue weighted by Crippen LogP contribution is -2.24. The summed E-state index contributed by atoms with van der Waals surface area (Å²) in [6.45, 7) is 3.64. The van der Waals surface area contributed by atoms with Gasteiger partial charge in [0.25, 0.3) is 0 Å². The molecule has 0 bridgehead atoms. The average molecular weight is 393 g/mol. The van der Waals surface area contributed by atoms with Gasteiger partial charge in [-0.25, -0.2) is 0 Å². The summed E-state index contributed by atoms with van der Waals surface area (Å²) in [5.74, 6) is 2.54. The first-order valence-corrected chi connectivity index (χ1v) is 9.63. The van der Waals surface area contributed by atoms with E-state index in [1.807, 2.05) is 60.4 Å². The van der Waals surface area contributed by atoms with E-state index in [0.29, 0.717) is 37.8 Å². The van der Waals surface area contributed by atoms with Gasteiger partial charge in [0.1, 0.15) is 11.5 Å². The molecule has 0 saturated carbocycles. The van der Waals surface area contributed by atoms with Gasteiger partial charge in [0.2, 0.25) is 17.6 Å². The number of carbonyl (C=O) groups is 1. The van der Waals surface area contributed by atoms with Crippen LogP contribution in [0.5, 0.6) is 11.5 Å². The monoisotopic (exact) mass is 393 g/mol. The molecule has 7 heteroatoms. The number of carbonyl (C=O) groups excluding carboxylic acids is 1. The molecule has 0 N–H and O–H groups in total. The summed E-state index contributed by atoms with van der Waals surface area (Å²) in [6.07, 6.45) is 0.372. The molecular formula is C22H23N3O4. The molecule has 0 radical (unpaired) electrons. The Morgan fingerprint density at radius 1 is 1.17 bits per heavy atom. The van der Waals surface area contributed by atoms with Gasteiger partial charge in [-0.05, 0) is 36.8 Å². The third kappa shape index (κ3) is 4.23. The van der Waals surface area contributed by atoms with Gasteiger partial charge in [0.15, 0.2) is 0 Å². The zero-order chi connectivity index (χ0) is 20.2. The highest BCUT2D eigenvalue weighted by Gasteiger charge is 2.34. The van der Waals surface area contributed by atoms with Crippen molar-refractivity contribution in [2.75, 3.05) is 20.3 Å². The standard InChI is InChI=1S/C22H23N3O4/c1-3-28-19-6-4-5-16(11-19)21-23-22(29-24-21)17-12-20(26)25(14-17)13-15-7-9-18(27-2)10-8-15/h4-11,17H,3,12-14H2,1-2H3. The second-order valence-corrected chi connectivity index (χ2v) is 6.94. The lowest BCUT2D eigenvalue weighted by atomic mass is 10.1. The molecule has 1 aromatic heterocycles. The van der Waals surface area contributed by atoms with Crippen LogP contribution in [0.25, 0.3) is 11.4 Å². The van der Waals surface area contributed by atoms with Gasteiger partial charge in [-0.1, -0.05) is 29.4 Å². The highest BCUT2D eigenvalue weighted by atomic mass is 16.5. The number of nitrogens with zero attached hydrogens (tertiary/aromatic N) is 3. The summed E-state index contributed by atoms with van der Waals surface area (Å²) in [5.41, 5.74) is 1.88. The smallest absolute Gasteiger partial charge is 0.232 e. The van der Waals surface area contributed by atoms with Gasteiger partial charge < -0.3 is 18.9 Å². The number of hydrogen-bond acceptors (Lipinski definition) is 6. The van der Waals surface area contributed by atoms with Crippen molar-refractivity contribution in [1.29, 1.82) is 0 Å². The molecule has 2 heterocycles. The number of methoxy groups -OCH3 is 1. The van der Waals surface area contributed by atoms with Crippen molar-refractivity contribution in [3.8, 4) is 22.9 Å². The molecule has 0 spiro atoms. The first kappa shape index (κ1) is 19.0. The molecule has 7 nitrogen and oxygen atoms in total. The van der Waals surface area contributed by atoms with E-state index < -0.39 is 0 Å². The summed E-state index contributed by atoms with van der Waals surface area (Å²) in [7, 11) is 1.63. The number of ether oxygens (including phenoxy) is 2. The van der Waals surface area contributed by atoms with Gasteiger partial charge in [-0.3, -0.25) is 4.79 Å². The Bertz CT molecular complexity index is 984. The van der Waals surface area contributed by atoms with Crippen LogP contribution in [-0.2, 0) is 11.3 Å². The Labute approximate surface area is 169 Å². The van der Waals surface area contributed by atoms with E-state index in [0.717, 1.165) is 22.6 Å². The van der Waals surface area contributed by atoms with E-state index in [9.17, 15) is 4.79 Å². The van der Waals surface area contributed by atoms with Gasteiger partial charge >= 0.3 is 0 Å². The zero-order valence-electron chi connectivity index (χ0n) is 16.5. The molecule has 4 rings (SSSR count). The number of hydrogen-bond donors (Lipinski definition) is 0. The number of amides is 1. The van der Waals surface area contributed by atoms with Crippen molar-refractivity contribution >= 4 is 5.91 Å². The Morgan fingerprint density at radius 3 is 2.76 bits per heavy atom. The third-order valence-electron chi connectivity index (χ3n) is 4.94. The van der Waals surface area contributed by atoms with E-state index in [-0.39, 0.29) is 11.8 Å². The molecule has 1 saturated heterocycles. The van der Waals surface area contributed by atoms with E-state index in [1.54, 1.807) is 7.11 Å². The molecule has 0 aliphatic carbocycles. The summed E-state index contributed by atoms with van der Waals surface area (Å²) >= 11 is 0. The fourth-order valence-electron chi connectivity index (χ4n) is 3.45. The van der Waals surface area contributed by atoms with E-state index in [4.69, 9.17) is 14.0 Å². The second kappa shape index (κ2) is 8.34. The molecule has 1 aliphatic rings. The maximum Gasteiger partial charge on any atom is 0.232 e. The predicted molar refractivity (Wildman–Crippen MR) is 107 cm³/mol. The zero-order valence-corrected chi connectivity index (χ0v) is 16.5. The Kier molecular flexibility index (Phi) is 5.46. The summed E-state index contributed by atoms with van der Waals surface area (Å²) < 4.78 is 16.2. The Hall–Kier alpha value is -3.35. The van der Waals surface area contributed by atoms with Crippen LogP contribution in [0.4, 0.5) is 0 Å². The fraction of sp³-hybridized carbons (Fsp3) is 0.318. The molecule has 3 aromatic rings. The summed E-state index contributed by atoms with van der Waals surface area (Å²) in [6, 6.07) is 15.3. The third-order valence-corrected chi connectivity index (χ3v) is 4.94. The molecular weight excluding hydrogens is 370 g/mol. The second-order valence-electron chi connectivity index (χ2n) is 6.94. The Balaban J connectivity index is 1.44. The Morgan fingerprint density at radius 2 is 2.00 bits per heavy atom. The molecule has 29 heavy (non-hydrogen) atoms. The molecule has 1 unspecified atom stereocenters. The molecule has 150 valence electrons. The largest absolute Gasteiger partial charge is 0.497 e. The fourth-order valence-corrected chi connectivity index (χ4v) is 3.45. The minimum Gasteiger partial charge on any atom is -0.497 e. The van der Waals surface area contributed by atoms with E-state index in [2.05, 4.69) is 10.1 Å². The minimum atomic E-state index is -0.0999. The van der Waals surface area contributed by atoms with Crippen LogP contribution in [0.1, 0.15) is 30.7 Å². The van der Waals surface area contributed by atoms with Crippen LogP contribution < -0.4 is 9.47 Å². The van der Waals surface area contributed by atoms with Gasteiger partial charge in [-0.2, -0.15) is 4.98 Å².